The van der Waals surface area contributed by atoms with Crippen LogP contribution in [0.1, 0.15) is 20.3 Å². The molecule has 0 heterocycles. The minimum atomic E-state index is -5.83. The first-order valence-electron chi connectivity index (χ1n) is 6.47. The van der Waals surface area contributed by atoms with Crippen LogP contribution < -0.4 is 0 Å². The Balaban J connectivity index is 5.34. The van der Waals surface area contributed by atoms with Crippen LogP contribution in [0.4, 0.5) is 35.1 Å². The number of rotatable bonds is 9. The number of carbonyl (C=O) groups excluding carboxylic acids is 2. The standard InChI is InChI=1S/C13H14F8O4/c1-6(2)8(22)24-5-7(25-10(23)11(3,16)17)4-12(18,19)13(20,21)9(14)15/h7,9H,1,4-5H2,2-3H3. The molecule has 0 saturated heterocycles. The molecule has 0 amide bonds. The van der Waals surface area contributed by atoms with Crippen molar-refractivity contribution in [1.29, 1.82) is 0 Å². The first-order chi connectivity index (χ1) is 11.0. The molecule has 0 aliphatic heterocycles. The molecule has 12 heteroatoms. The predicted octanol–water partition coefficient (Wildman–Crippen LogP) is 3.60. The monoisotopic (exact) mass is 386 g/mol. The Morgan fingerprint density at radius 3 is 1.92 bits per heavy atom. The molecule has 146 valence electrons. The third-order valence-corrected chi connectivity index (χ3v) is 2.63. The van der Waals surface area contributed by atoms with Crippen molar-refractivity contribution in [2.75, 3.05) is 6.61 Å². The van der Waals surface area contributed by atoms with Crippen LogP contribution in [-0.2, 0) is 19.1 Å². The summed E-state index contributed by atoms with van der Waals surface area (Å²) in [5.74, 6) is -19.1. The van der Waals surface area contributed by atoms with Crippen LogP contribution >= 0.6 is 0 Å². The van der Waals surface area contributed by atoms with Gasteiger partial charge in [0.25, 0.3) is 0 Å². The van der Waals surface area contributed by atoms with Gasteiger partial charge in [-0.1, -0.05) is 6.58 Å². The fourth-order valence-electron chi connectivity index (χ4n) is 1.26. The van der Waals surface area contributed by atoms with Crippen molar-refractivity contribution in [1.82, 2.24) is 0 Å². The SMILES string of the molecule is C=C(C)C(=O)OCC(CC(F)(F)C(F)(F)C(F)F)OC(=O)C(C)(F)F. The molecule has 0 bridgehead atoms. The van der Waals surface area contributed by atoms with Crippen LogP contribution in [-0.4, -0.2) is 48.8 Å². The van der Waals surface area contributed by atoms with Gasteiger partial charge in [0.1, 0.15) is 12.7 Å². The summed E-state index contributed by atoms with van der Waals surface area (Å²) in [6.45, 7) is 2.90. The van der Waals surface area contributed by atoms with E-state index in [0.717, 1.165) is 6.92 Å². The van der Waals surface area contributed by atoms with Crippen molar-refractivity contribution in [3.05, 3.63) is 12.2 Å². The topological polar surface area (TPSA) is 52.6 Å². The van der Waals surface area contributed by atoms with Gasteiger partial charge in [-0.25, -0.2) is 18.4 Å². The average molecular weight is 386 g/mol. The minimum Gasteiger partial charge on any atom is -0.458 e. The van der Waals surface area contributed by atoms with Gasteiger partial charge < -0.3 is 9.47 Å². The van der Waals surface area contributed by atoms with Crippen LogP contribution in [0.5, 0.6) is 0 Å². The summed E-state index contributed by atoms with van der Waals surface area (Å²) in [5.41, 5.74) is -0.268. The second kappa shape index (κ2) is 8.00. The average Bonchev–Trinajstić information content (AvgIpc) is 2.42. The third kappa shape index (κ3) is 6.50. The van der Waals surface area contributed by atoms with E-state index in [4.69, 9.17) is 0 Å². The lowest BCUT2D eigenvalue weighted by atomic mass is 10.0. The minimum absolute atomic E-state index is 0.0260. The number of carbonyl (C=O) groups is 2. The Kier molecular flexibility index (Phi) is 7.40. The quantitative estimate of drug-likeness (QED) is 0.345. The van der Waals surface area contributed by atoms with Crippen molar-refractivity contribution in [3.63, 3.8) is 0 Å². The maximum absolute atomic E-state index is 13.4. The van der Waals surface area contributed by atoms with Gasteiger partial charge >= 0.3 is 36.1 Å². The molecule has 0 fully saturated rings. The van der Waals surface area contributed by atoms with Gasteiger partial charge in [0.15, 0.2) is 0 Å². The van der Waals surface area contributed by atoms with Crippen molar-refractivity contribution in [2.24, 2.45) is 0 Å². The van der Waals surface area contributed by atoms with E-state index in [9.17, 15) is 44.7 Å². The maximum atomic E-state index is 13.4. The second-order valence-electron chi connectivity index (χ2n) is 5.13. The highest BCUT2D eigenvalue weighted by Gasteiger charge is 2.63. The summed E-state index contributed by atoms with van der Waals surface area (Å²) in [4.78, 5) is 22.1. The van der Waals surface area contributed by atoms with Crippen molar-refractivity contribution < 1.29 is 54.2 Å². The first-order valence-corrected chi connectivity index (χ1v) is 6.47. The molecule has 1 atom stereocenters. The molecular weight excluding hydrogens is 372 g/mol. The van der Waals surface area contributed by atoms with Crippen molar-refractivity contribution in [3.8, 4) is 0 Å². The largest absolute Gasteiger partial charge is 0.458 e. The van der Waals surface area contributed by atoms with Gasteiger partial charge in [-0.2, -0.15) is 26.3 Å². The fraction of sp³-hybridized carbons (Fsp3) is 0.692. The molecule has 25 heavy (non-hydrogen) atoms. The summed E-state index contributed by atoms with van der Waals surface area (Å²) in [5, 5.41) is 0. The molecule has 0 radical (unpaired) electrons. The summed E-state index contributed by atoms with van der Waals surface area (Å²) in [6.07, 6.45) is -9.58. The van der Waals surface area contributed by atoms with E-state index in [1.807, 2.05) is 0 Å². The van der Waals surface area contributed by atoms with Gasteiger partial charge in [0, 0.05) is 12.5 Å². The molecule has 0 rings (SSSR count). The zero-order chi connectivity index (χ0) is 20.2. The molecular formula is C13H14F8O4. The number of halogens is 8. The predicted molar refractivity (Wildman–Crippen MR) is 66.8 cm³/mol. The molecule has 0 aliphatic carbocycles. The van der Waals surface area contributed by atoms with E-state index in [1.165, 1.54) is 0 Å². The molecule has 0 spiro atoms. The van der Waals surface area contributed by atoms with Gasteiger partial charge in [-0.3, -0.25) is 0 Å². The Morgan fingerprint density at radius 2 is 1.56 bits per heavy atom. The molecule has 4 nitrogen and oxygen atoms in total. The van der Waals surface area contributed by atoms with Crippen LogP contribution in [0.25, 0.3) is 0 Å². The highest BCUT2D eigenvalue weighted by Crippen LogP contribution is 2.42. The Morgan fingerprint density at radius 1 is 1.08 bits per heavy atom. The molecule has 0 aromatic rings. The highest BCUT2D eigenvalue weighted by molar-refractivity contribution is 5.86. The lowest BCUT2D eigenvalue weighted by Crippen LogP contribution is -2.49. The molecule has 0 aliphatic rings. The smallest absolute Gasteiger partial charge is 0.377 e. The normalized spacial score (nSPS) is 14.2. The van der Waals surface area contributed by atoms with Crippen molar-refractivity contribution in [2.45, 2.75) is 50.6 Å². The number of ether oxygens (including phenoxy) is 2. The first kappa shape index (κ1) is 23.1. The Hall–Kier alpha value is -1.88. The van der Waals surface area contributed by atoms with Crippen LogP contribution in [0, 0.1) is 0 Å². The highest BCUT2D eigenvalue weighted by atomic mass is 19.3. The Labute approximate surface area is 136 Å². The molecule has 0 aromatic carbocycles. The van der Waals surface area contributed by atoms with E-state index < -0.39 is 55.3 Å². The van der Waals surface area contributed by atoms with Gasteiger partial charge in [0.05, 0.1) is 6.42 Å². The summed E-state index contributed by atoms with van der Waals surface area (Å²) >= 11 is 0. The summed E-state index contributed by atoms with van der Waals surface area (Å²) in [7, 11) is 0. The van der Waals surface area contributed by atoms with E-state index in [2.05, 4.69) is 16.1 Å². The number of alkyl halides is 8. The van der Waals surface area contributed by atoms with Gasteiger partial charge in [-0.05, 0) is 6.92 Å². The zero-order valence-corrected chi connectivity index (χ0v) is 12.9. The lowest BCUT2D eigenvalue weighted by molar-refractivity contribution is -0.274. The third-order valence-electron chi connectivity index (χ3n) is 2.63. The van der Waals surface area contributed by atoms with Gasteiger partial charge in [0.2, 0.25) is 0 Å². The van der Waals surface area contributed by atoms with Crippen LogP contribution in [0.3, 0.4) is 0 Å². The van der Waals surface area contributed by atoms with Crippen LogP contribution in [0.15, 0.2) is 12.2 Å². The van der Waals surface area contributed by atoms with Gasteiger partial charge in [-0.15, -0.1) is 0 Å². The summed E-state index contributed by atoms with van der Waals surface area (Å²) in [6, 6.07) is 0. The molecule has 0 N–H and O–H groups in total. The lowest BCUT2D eigenvalue weighted by Gasteiger charge is -2.29. The fourth-order valence-corrected chi connectivity index (χ4v) is 1.26. The zero-order valence-electron chi connectivity index (χ0n) is 12.9. The van der Waals surface area contributed by atoms with E-state index in [0.29, 0.717) is 0 Å². The number of hydrogen-bond acceptors (Lipinski definition) is 4. The van der Waals surface area contributed by atoms with Crippen molar-refractivity contribution >= 4 is 11.9 Å². The van der Waals surface area contributed by atoms with Crippen LogP contribution in [0.2, 0.25) is 0 Å². The molecule has 1 unspecified atom stereocenters. The van der Waals surface area contributed by atoms with E-state index in [1.54, 1.807) is 0 Å². The number of hydrogen-bond donors (Lipinski definition) is 0. The Bertz CT molecular complexity index is 513. The van der Waals surface area contributed by atoms with E-state index >= 15 is 0 Å². The number of esters is 2. The molecule has 0 saturated carbocycles. The second-order valence-corrected chi connectivity index (χ2v) is 5.13. The summed E-state index contributed by atoms with van der Waals surface area (Å²) < 4.78 is 110. The molecule has 0 aromatic heterocycles. The van der Waals surface area contributed by atoms with E-state index in [-0.39, 0.29) is 12.5 Å². The maximum Gasteiger partial charge on any atom is 0.377 e.